The third kappa shape index (κ3) is 2.47. The number of nitrogens with one attached hydrogen (secondary N) is 1. The molecule has 98 valence electrons. The van der Waals surface area contributed by atoms with Crippen molar-refractivity contribution in [1.82, 2.24) is 5.43 Å². The fourth-order valence-corrected chi connectivity index (χ4v) is 2.37. The first-order chi connectivity index (χ1) is 8.54. The number of aliphatic hydroxyl groups excluding tert-OH is 1. The largest absolute Gasteiger partial charge is 0.396 e. The maximum absolute atomic E-state index is 12.2. The summed E-state index contributed by atoms with van der Waals surface area (Å²) in [6.45, 7) is 1.91. The molecule has 2 atom stereocenters. The van der Waals surface area contributed by atoms with Crippen molar-refractivity contribution in [2.75, 3.05) is 11.6 Å². The van der Waals surface area contributed by atoms with Gasteiger partial charge in [0.2, 0.25) is 5.91 Å². The molecule has 1 aromatic carbocycles. The second kappa shape index (κ2) is 5.45. The summed E-state index contributed by atoms with van der Waals surface area (Å²) in [5.74, 6) is -0.278. The van der Waals surface area contributed by atoms with E-state index in [9.17, 15) is 4.79 Å². The molecule has 4 nitrogen and oxygen atoms in total. The van der Waals surface area contributed by atoms with Gasteiger partial charge in [-0.3, -0.25) is 4.79 Å². The maximum atomic E-state index is 12.2. The molecular formula is C12H14Cl2N2O2. The van der Waals surface area contributed by atoms with E-state index < -0.39 is 0 Å². The van der Waals surface area contributed by atoms with Crippen LogP contribution < -0.4 is 10.4 Å². The molecular weight excluding hydrogens is 275 g/mol. The zero-order chi connectivity index (χ0) is 13.3. The van der Waals surface area contributed by atoms with Crippen LogP contribution in [0, 0.1) is 5.92 Å². The first-order valence-corrected chi connectivity index (χ1v) is 6.46. The molecule has 0 aromatic heterocycles. The van der Waals surface area contributed by atoms with Gasteiger partial charge in [0.1, 0.15) is 0 Å². The second-order valence-electron chi connectivity index (χ2n) is 4.31. The van der Waals surface area contributed by atoms with Crippen molar-refractivity contribution in [1.29, 1.82) is 0 Å². The number of carbonyl (C=O) groups is 1. The van der Waals surface area contributed by atoms with Crippen LogP contribution >= 0.6 is 23.2 Å². The van der Waals surface area contributed by atoms with E-state index in [-0.39, 0.29) is 24.5 Å². The number of amides is 1. The van der Waals surface area contributed by atoms with Crippen LogP contribution in [0.3, 0.4) is 0 Å². The Balaban J connectivity index is 2.24. The van der Waals surface area contributed by atoms with Crippen molar-refractivity contribution >= 4 is 34.8 Å². The second-order valence-corrected chi connectivity index (χ2v) is 5.12. The molecule has 6 heteroatoms. The summed E-state index contributed by atoms with van der Waals surface area (Å²) in [5.41, 5.74) is 3.73. The van der Waals surface area contributed by atoms with Crippen LogP contribution in [0.5, 0.6) is 0 Å². The quantitative estimate of drug-likeness (QED) is 0.897. The minimum Gasteiger partial charge on any atom is -0.396 e. The van der Waals surface area contributed by atoms with Crippen molar-refractivity contribution in [3.63, 3.8) is 0 Å². The normalized spacial score (nSPS) is 23.8. The molecule has 18 heavy (non-hydrogen) atoms. The monoisotopic (exact) mass is 288 g/mol. The van der Waals surface area contributed by atoms with Crippen LogP contribution in [0.2, 0.25) is 10.0 Å². The number of carbonyl (C=O) groups excluding carboxylic acids is 1. The minimum atomic E-state index is -0.218. The summed E-state index contributed by atoms with van der Waals surface area (Å²) in [4.78, 5) is 12.2. The molecule has 2 N–H and O–H groups in total. The molecule has 1 amide bonds. The van der Waals surface area contributed by atoms with Gasteiger partial charge < -0.3 is 5.11 Å². The van der Waals surface area contributed by atoms with Gasteiger partial charge in [-0.1, -0.05) is 23.2 Å². The molecule has 1 aliphatic heterocycles. The van der Waals surface area contributed by atoms with Crippen LogP contribution in [-0.4, -0.2) is 23.7 Å². The van der Waals surface area contributed by atoms with Crippen molar-refractivity contribution in [2.45, 2.75) is 19.4 Å². The van der Waals surface area contributed by atoms with Crippen molar-refractivity contribution < 1.29 is 9.90 Å². The van der Waals surface area contributed by atoms with E-state index in [1.165, 1.54) is 5.01 Å². The third-order valence-electron chi connectivity index (χ3n) is 3.08. The predicted octanol–water partition coefficient (Wildman–Crippen LogP) is 2.23. The number of nitrogens with zero attached hydrogens (tertiary/aromatic N) is 1. The lowest BCUT2D eigenvalue weighted by Gasteiger charge is -2.17. The molecule has 1 aliphatic rings. The average Bonchev–Trinajstić information content (AvgIpc) is 2.61. The predicted molar refractivity (Wildman–Crippen MR) is 71.7 cm³/mol. The van der Waals surface area contributed by atoms with Crippen molar-refractivity contribution in [2.24, 2.45) is 5.92 Å². The molecule has 1 saturated heterocycles. The van der Waals surface area contributed by atoms with E-state index in [4.69, 9.17) is 28.3 Å². The fraction of sp³-hybridized carbons (Fsp3) is 0.417. The minimum absolute atomic E-state index is 0.00234. The molecule has 2 unspecified atom stereocenters. The SMILES string of the molecule is CC1NN(c2ccc(Cl)c(Cl)c2)C(=O)C1CCO. The summed E-state index contributed by atoms with van der Waals surface area (Å²) in [6.07, 6.45) is 0.449. The lowest BCUT2D eigenvalue weighted by molar-refractivity contribution is -0.121. The molecule has 1 fully saturated rings. The van der Waals surface area contributed by atoms with E-state index in [0.29, 0.717) is 22.2 Å². The van der Waals surface area contributed by atoms with E-state index in [1.807, 2.05) is 6.92 Å². The molecule has 0 bridgehead atoms. The zero-order valence-electron chi connectivity index (χ0n) is 9.86. The van der Waals surface area contributed by atoms with E-state index in [1.54, 1.807) is 18.2 Å². The van der Waals surface area contributed by atoms with Crippen LogP contribution in [0.1, 0.15) is 13.3 Å². The Bertz CT molecular complexity index is 467. The fourth-order valence-electron chi connectivity index (χ4n) is 2.08. The van der Waals surface area contributed by atoms with E-state index in [2.05, 4.69) is 5.43 Å². The average molecular weight is 289 g/mol. The van der Waals surface area contributed by atoms with Crippen LogP contribution in [0.15, 0.2) is 18.2 Å². The zero-order valence-corrected chi connectivity index (χ0v) is 11.4. The summed E-state index contributed by atoms with van der Waals surface area (Å²) < 4.78 is 0. The first kappa shape index (κ1) is 13.6. The van der Waals surface area contributed by atoms with Crippen LogP contribution in [0.4, 0.5) is 5.69 Å². The molecule has 1 heterocycles. The number of benzene rings is 1. The van der Waals surface area contributed by atoms with Gasteiger partial charge in [0.15, 0.2) is 0 Å². The van der Waals surface area contributed by atoms with E-state index >= 15 is 0 Å². The number of hydrazine groups is 1. The summed E-state index contributed by atoms with van der Waals surface area (Å²) in [5, 5.41) is 11.3. The molecule has 0 saturated carbocycles. The molecule has 0 spiro atoms. The van der Waals surface area contributed by atoms with Gasteiger partial charge >= 0.3 is 0 Å². The lowest BCUT2D eigenvalue weighted by atomic mass is 9.99. The highest BCUT2D eigenvalue weighted by Crippen LogP contribution is 2.30. The van der Waals surface area contributed by atoms with Gasteiger partial charge in [-0.2, -0.15) is 0 Å². The van der Waals surface area contributed by atoms with Crippen LogP contribution in [-0.2, 0) is 4.79 Å². The Kier molecular flexibility index (Phi) is 4.12. The molecule has 1 aromatic rings. The van der Waals surface area contributed by atoms with Gasteiger partial charge in [-0.25, -0.2) is 10.4 Å². The van der Waals surface area contributed by atoms with Gasteiger partial charge in [0.05, 0.1) is 21.7 Å². The Morgan fingerprint density at radius 2 is 2.11 bits per heavy atom. The topological polar surface area (TPSA) is 52.6 Å². The number of hydrogen-bond acceptors (Lipinski definition) is 3. The lowest BCUT2D eigenvalue weighted by Crippen LogP contribution is -2.36. The van der Waals surface area contributed by atoms with Gasteiger partial charge in [0.25, 0.3) is 0 Å². The standard InChI is InChI=1S/C12H14Cl2N2O2/c1-7-9(4-5-17)12(18)16(15-7)8-2-3-10(13)11(14)6-8/h2-3,6-7,9,15,17H,4-5H2,1H3. The van der Waals surface area contributed by atoms with Crippen molar-refractivity contribution in [3.8, 4) is 0 Å². The first-order valence-electron chi connectivity index (χ1n) is 5.70. The third-order valence-corrected chi connectivity index (χ3v) is 3.81. The number of anilines is 1. The molecule has 0 aliphatic carbocycles. The Morgan fingerprint density at radius 3 is 2.72 bits per heavy atom. The Labute approximate surface area is 115 Å². The van der Waals surface area contributed by atoms with Crippen molar-refractivity contribution in [3.05, 3.63) is 28.2 Å². The molecule has 0 radical (unpaired) electrons. The molecule has 2 rings (SSSR count). The van der Waals surface area contributed by atoms with Gasteiger partial charge in [-0.05, 0) is 31.5 Å². The Morgan fingerprint density at radius 1 is 1.39 bits per heavy atom. The van der Waals surface area contributed by atoms with Gasteiger partial charge in [0, 0.05) is 12.6 Å². The number of aliphatic hydroxyl groups is 1. The summed E-state index contributed by atoms with van der Waals surface area (Å²) in [6, 6.07) is 5.01. The number of rotatable bonds is 3. The maximum Gasteiger partial charge on any atom is 0.246 e. The summed E-state index contributed by atoms with van der Waals surface area (Å²) in [7, 11) is 0. The smallest absolute Gasteiger partial charge is 0.246 e. The van der Waals surface area contributed by atoms with E-state index in [0.717, 1.165) is 0 Å². The van der Waals surface area contributed by atoms with Gasteiger partial charge in [-0.15, -0.1) is 0 Å². The van der Waals surface area contributed by atoms with Crippen LogP contribution in [0.25, 0.3) is 0 Å². The highest BCUT2D eigenvalue weighted by atomic mass is 35.5. The number of halogens is 2. The number of hydrogen-bond donors (Lipinski definition) is 2. The highest BCUT2D eigenvalue weighted by molar-refractivity contribution is 6.42. The Hall–Kier alpha value is -0.810. The highest BCUT2D eigenvalue weighted by Gasteiger charge is 2.37. The summed E-state index contributed by atoms with van der Waals surface area (Å²) >= 11 is 11.8.